The van der Waals surface area contributed by atoms with Crippen LogP contribution >= 0.6 is 0 Å². The van der Waals surface area contributed by atoms with E-state index in [9.17, 15) is 9.59 Å². The van der Waals surface area contributed by atoms with Crippen molar-refractivity contribution in [3.63, 3.8) is 0 Å². The average Bonchev–Trinajstić information content (AvgIpc) is 3.06. The summed E-state index contributed by atoms with van der Waals surface area (Å²) in [6, 6.07) is 10.2. The monoisotopic (exact) mass is 342 g/mol. The minimum atomic E-state index is -0.0623. The number of nitrogens with one attached hydrogen (secondary N) is 2. The minimum Gasteiger partial charge on any atom is -0.356 e. The lowest BCUT2D eigenvalue weighted by Crippen LogP contribution is -2.42. The van der Waals surface area contributed by atoms with Gasteiger partial charge in [0, 0.05) is 37.9 Å². The molecule has 6 heteroatoms. The smallest absolute Gasteiger partial charge is 0.325 e. The molecule has 1 aliphatic heterocycles. The molecule has 0 atom stereocenters. The van der Waals surface area contributed by atoms with Crippen LogP contribution in [0.25, 0.3) is 0 Å². The highest BCUT2D eigenvalue weighted by Gasteiger charge is 2.24. The van der Waals surface area contributed by atoms with E-state index < -0.39 is 0 Å². The van der Waals surface area contributed by atoms with Gasteiger partial charge in [-0.2, -0.15) is 0 Å². The van der Waals surface area contributed by atoms with Gasteiger partial charge in [-0.15, -0.1) is 0 Å². The number of nitrogens with zero attached hydrogens (tertiary/aromatic N) is 2. The van der Waals surface area contributed by atoms with E-state index in [0.717, 1.165) is 38.9 Å². The molecule has 0 radical (unpaired) electrons. The topological polar surface area (TPSA) is 70.1 Å². The van der Waals surface area contributed by atoms with Gasteiger partial charge in [-0.3, -0.25) is 9.36 Å². The lowest BCUT2D eigenvalue weighted by atomic mass is 9.96. The molecule has 0 bridgehead atoms. The number of imidazole rings is 1. The van der Waals surface area contributed by atoms with Gasteiger partial charge in [0.05, 0.1) is 0 Å². The van der Waals surface area contributed by atoms with Crippen LogP contribution in [0.1, 0.15) is 18.4 Å². The van der Waals surface area contributed by atoms with Crippen molar-refractivity contribution in [3.8, 4) is 0 Å². The Labute approximate surface area is 147 Å². The quantitative estimate of drug-likeness (QED) is 0.795. The van der Waals surface area contributed by atoms with E-state index in [1.807, 2.05) is 18.2 Å². The number of hydrogen-bond acceptors (Lipinski definition) is 3. The summed E-state index contributed by atoms with van der Waals surface area (Å²) >= 11 is 0. The molecule has 1 saturated heterocycles. The Balaban J connectivity index is 1.34. The van der Waals surface area contributed by atoms with Crippen molar-refractivity contribution >= 4 is 5.91 Å². The zero-order valence-corrected chi connectivity index (χ0v) is 14.5. The van der Waals surface area contributed by atoms with Crippen LogP contribution in [0, 0.1) is 5.92 Å². The molecule has 25 heavy (non-hydrogen) atoms. The Bertz CT molecular complexity index is 714. The van der Waals surface area contributed by atoms with Gasteiger partial charge in [0.15, 0.2) is 0 Å². The summed E-state index contributed by atoms with van der Waals surface area (Å²) in [5.41, 5.74) is 1.19. The van der Waals surface area contributed by atoms with E-state index in [-0.39, 0.29) is 17.5 Å². The number of piperidine rings is 1. The summed E-state index contributed by atoms with van der Waals surface area (Å²) < 4.78 is 1.68. The number of H-pyrrole nitrogens is 1. The van der Waals surface area contributed by atoms with E-state index in [1.165, 1.54) is 5.56 Å². The lowest BCUT2D eigenvalue weighted by Gasteiger charge is -2.31. The first-order valence-corrected chi connectivity index (χ1v) is 9.00. The molecule has 2 heterocycles. The van der Waals surface area contributed by atoms with Crippen molar-refractivity contribution in [2.75, 3.05) is 26.2 Å². The third kappa shape index (κ3) is 5.06. The molecular formula is C19H26N4O2. The first kappa shape index (κ1) is 17.5. The van der Waals surface area contributed by atoms with Crippen molar-refractivity contribution in [1.29, 1.82) is 0 Å². The van der Waals surface area contributed by atoms with Crippen molar-refractivity contribution in [2.24, 2.45) is 5.92 Å². The molecule has 1 fully saturated rings. The highest BCUT2D eigenvalue weighted by atomic mass is 16.2. The Hall–Kier alpha value is -2.34. The number of likely N-dealkylation sites (tertiary alicyclic amines) is 1. The SMILES string of the molecule is O=C(NCCc1ccccc1)C1CCN(CCn2cc[nH]c2=O)CC1. The third-order valence-corrected chi connectivity index (χ3v) is 4.89. The maximum atomic E-state index is 12.3. The van der Waals surface area contributed by atoms with Crippen LogP contribution in [0.4, 0.5) is 0 Å². The predicted molar refractivity (Wildman–Crippen MR) is 97.4 cm³/mol. The summed E-state index contributed by atoms with van der Waals surface area (Å²) in [5, 5.41) is 3.07. The van der Waals surface area contributed by atoms with Crippen LogP contribution in [0.15, 0.2) is 47.5 Å². The fraction of sp³-hybridized carbons (Fsp3) is 0.474. The van der Waals surface area contributed by atoms with E-state index in [4.69, 9.17) is 0 Å². The zero-order chi connectivity index (χ0) is 17.5. The van der Waals surface area contributed by atoms with Crippen LogP contribution in [-0.4, -0.2) is 46.5 Å². The number of aromatic amines is 1. The van der Waals surface area contributed by atoms with E-state index in [0.29, 0.717) is 13.1 Å². The van der Waals surface area contributed by atoms with Crippen LogP contribution < -0.4 is 11.0 Å². The van der Waals surface area contributed by atoms with Crippen LogP contribution in [0.2, 0.25) is 0 Å². The van der Waals surface area contributed by atoms with Crippen LogP contribution in [0.3, 0.4) is 0 Å². The second-order valence-electron chi connectivity index (χ2n) is 6.60. The number of carbonyl (C=O) groups excluding carboxylic acids is 1. The number of amides is 1. The highest BCUT2D eigenvalue weighted by molar-refractivity contribution is 5.78. The molecule has 134 valence electrons. The summed E-state index contributed by atoms with van der Waals surface area (Å²) in [4.78, 5) is 28.7. The molecule has 1 aromatic heterocycles. The second-order valence-corrected chi connectivity index (χ2v) is 6.60. The van der Waals surface area contributed by atoms with Crippen LogP contribution in [0.5, 0.6) is 0 Å². The molecule has 6 nitrogen and oxygen atoms in total. The molecule has 0 spiro atoms. The summed E-state index contributed by atoms with van der Waals surface area (Å²) in [6.07, 6.45) is 6.08. The molecule has 0 aliphatic carbocycles. The first-order chi connectivity index (χ1) is 12.2. The molecule has 1 amide bonds. The number of carbonyl (C=O) groups is 1. The first-order valence-electron chi connectivity index (χ1n) is 9.00. The van der Waals surface area contributed by atoms with Gasteiger partial charge in [-0.25, -0.2) is 4.79 Å². The standard InChI is InChI=1S/C19H26N4O2/c24-18(20-9-6-16-4-2-1-3-5-16)17-7-11-22(12-8-17)14-15-23-13-10-21-19(23)25/h1-5,10,13,17H,6-9,11-12,14-15H2,(H,20,24)(H,21,25). The van der Waals surface area contributed by atoms with Gasteiger partial charge >= 0.3 is 5.69 Å². The molecular weight excluding hydrogens is 316 g/mol. The maximum Gasteiger partial charge on any atom is 0.325 e. The Morgan fingerprint density at radius 2 is 1.92 bits per heavy atom. The van der Waals surface area contributed by atoms with Gasteiger partial charge in [0.2, 0.25) is 5.91 Å². The van der Waals surface area contributed by atoms with Gasteiger partial charge < -0.3 is 15.2 Å². The van der Waals surface area contributed by atoms with Gasteiger partial charge in [-0.05, 0) is 37.9 Å². The average molecular weight is 342 g/mol. The Kier molecular flexibility index (Phi) is 6.06. The summed E-state index contributed by atoms with van der Waals surface area (Å²) in [6.45, 7) is 4.06. The molecule has 2 N–H and O–H groups in total. The Morgan fingerprint density at radius 1 is 1.16 bits per heavy atom. The van der Waals surface area contributed by atoms with Crippen LogP contribution in [-0.2, 0) is 17.8 Å². The van der Waals surface area contributed by atoms with Crippen molar-refractivity contribution in [2.45, 2.75) is 25.8 Å². The van der Waals surface area contributed by atoms with E-state index in [2.05, 4.69) is 27.3 Å². The lowest BCUT2D eigenvalue weighted by molar-refractivity contribution is -0.126. The molecule has 0 unspecified atom stereocenters. The van der Waals surface area contributed by atoms with Gasteiger partial charge in [0.25, 0.3) is 0 Å². The molecule has 1 aromatic carbocycles. The zero-order valence-electron chi connectivity index (χ0n) is 14.5. The number of rotatable bonds is 7. The molecule has 3 rings (SSSR count). The number of benzene rings is 1. The van der Waals surface area contributed by atoms with Gasteiger partial charge in [0.1, 0.15) is 0 Å². The number of aromatic nitrogens is 2. The van der Waals surface area contributed by atoms with Gasteiger partial charge in [-0.1, -0.05) is 30.3 Å². The highest BCUT2D eigenvalue weighted by Crippen LogP contribution is 2.17. The summed E-state index contributed by atoms with van der Waals surface area (Å²) in [5.74, 6) is 0.291. The molecule has 1 aliphatic rings. The molecule has 0 saturated carbocycles. The predicted octanol–water partition coefficient (Wildman–Crippen LogP) is 1.25. The van der Waals surface area contributed by atoms with Crippen molar-refractivity contribution in [3.05, 3.63) is 58.8 Å². The fourth-order valence-electron chi connectivity index (χ4n) is 3.31. The molecule has 2 aromatic rings. The third-order valence-electron chi connectivity index (χ3n) is 4.89. The maximum absolute atomic E-state index is 12.3. The number of hydrogen-bond donors (Lipinski definition) is 2. The largest absolute Gasteiger partial charge is 0.356 e. The van der Waals surface area contributed by atoms with E-state index in [1.54, 1.807) is 17.0 Å². The van der Waals surface area contributed by atoms with E-state index >= 15 is 0 Å². The summed E-state index contributed by atoms with van der Waals surface area (Å²) in [7, 11) is 0. The van der Waals surface area contributed by atoms with Crippen molar-refractivity contribution < 1.29 is 4.79 Å². The van der Waals surface area contributed by atoms with Crippen molar-refractivity contribution in [1.82, 2.24) is 19.8 Å². The minimum absolute atomic E-state index is 0.0623. The fourth-order valence-corrected chi connectivity index (χ4v) is 3.31. The Morgan fingerprint density at radius 3 is 2.60 bits per heavy atom. The second kappa shape index (κ2) is 8.67. The normalized spacial score (nSPS) is 16.0.